The number of nitrogens with two attached hydrogens (primary N) is 1. The summed E-state index contributed by atoms with van der Waals surface area (Å²) in [6.07, 6.45) is 1.70. The highest BCUT2D eigenvalue weighted by Crippen LogP contribution is 2.24. The van der Waals surface area contributed by atoms with Gasteiger partial charge in [-0.05, 0) is 30.7 Å². The van der Waals surface area contributed by atoms with Gasteiger partial charge in [0.05, 0.1) is 17.1 Å². The van der Waals surface area contributed by atoms with Gasteiger partial charge in [0.2, 0.25) is 0 Å². The van der Waals surface area contributed by atoms with Crippen molar-refractivity contribution in [2.24, 2.45) is 0 Å². The van der Waals surface area contributed by atoms with Crippen molar-refractivity contribution in [1.82, 2.24) is 4.98 Å². The van der Waals surface area contributed by atoms with E-state index in [2.05, 4.69) is 11.1 Å². The molecule has 1 aromatic heterocycles. The highest BCUT2D eigenvalue weighted by Gasteiger charge is 2.06. The van der Waals surface area contributed by atoms with Gasteiger partial charge in [-0.15, -0.1) is 0 Å². The standard InChI is InChI=1S/C11H9N3/c1-7-10(13)5-8(6-12)9-3-2-4-14-11(7)9/h2-5H,13H2,1H3. The molecule has 3 heteroatoms. The molecule has 1 aromatic carbocycles. The molecule has 3 nitrogen and oxygen atoms in total. The number of rotatable bonds is 0. The number of aryl methyl sites for hydroxylation is 1. The Labute approximate surface area is 81.8 Å². The summed E-state index contributed by atoms with van der Waals surface area (Å²) in [5.41, 5.74) is 8.71. The lowest BCUT2D eigenvalue weighted by Gasteiger charge is -2.05. The molecule has 0 unspecified atom stereocenters. The first kappa shape index (κ1) is 8.52. The summed E-state index contributed by atoms with van der Waals surface area (Å²) in [5.74, 6) is 0. The maximum Gasteiger partial charge on any atom is 0.0999 e. The summed E-state index contributed by atoms with van der Waals surface area (Å²) in [4.78, 5) is 4.22. The Morgan fingerprint density at radius 2 is 2.29 bits per heavy atom. The molecule has 1 heterocycles. The molecule has 0 spiro atoms. The molecule has 2 aromatic rings. The van der Waals surface area contributed by atoms with Crippen molar-refractivity contribution in [3.05, 3.63) is 35.5 Å². The van der Waals surface area contributed by atoms with Gasteiger partial charge in [-0.25, -0.2) is 0 Å². The van der Waals surface area contributed by atoms with Crippen LogP contribution in [0, 0.1) is 18.3 Å². The molecule has 2 N–H and O–H groups in total. The van der Waals surface area contributed by atoms with Gasteiger partial charge in [0.15, 0.2) is 0 Å². The monoisotopic (exact) mass is 183 g/mol. The van der Waals surface area contributed by atoms with E-state index in [1.165, 1.54) is 0 Å². The van der Waals surface area contributed by atoms with Crippen LogP contribution in [0.15, 0.2) is 24.4 Å². The number of nitrogens with zero attached hydrogens (tertiary/aromatic N) is 2. The van der Waals surface area contributed by atoms with Gasteiger partial charge in [-0.1, -0.05) is 0 Å². The SMILES string of the molecule is Cc1c(N)cc(C#N)c2cccnc12. The Balaban J connectivity index is 2.99. The van der Waals surface area contributed by atoms with Gasteiger partial charge < -0.3 is 5.73 Å². The molecular formula is C11H9N3. The topological polar surface area (TPSA) is 62.7 Å². The van der Waals surface area contributed by atoms with Crippen LogP contribution in [0.3, 0.4) is 0 Å². The van der Waals surface area contributed by atoms with Crippen molar-refractivity contribution in [2.45, 2.75) is 6.92 Å². The Bertz CT molecular complexity index is 538. The third kappa shape index (κ3) is 1.09. The first-order chi connectivity index (χ1) is 6.74. The number of aromatic nitrogens is 1. The zero-order valence-electron chi connectivity index (χ0n) is 7.78. The maximum atomic E-state index is 8.92. The second-order valence-electron chi connectivity index (χ2n) is 3.15. The smallest absolute Gasteiger partial charge is 0.0999 e. The molecule has 0 saturated heterocycles. The van der Waals surface area contributed by atoms with Crippen molar-refractivity contribution in [1.29, 1.82) is 5.26 Å². The molecule has 68 valence electrons. The first-order valence-corrected chi connectivity index (χ1v) is 4.28. The van der Waals surface area contributed by atoms with Gasteiger partial charge in [0.1, 0.15) is 0 Å². The van der Waals surface area contributed by atoms with Crippen molar-refractivity contribution in [3.8, 4) is 6.07 Å². The Hall–Kier alpha value is -2.08. The minimum Gasteiger partial charge on any atom is -0.398 e. The van der Waals surface area contributed by atoms with Crippen LogP contribution in [0.5, 0.6) is 0 Å². The fourth-order valence-electron chi connectivity index (χ4n) is 1.49. The van der Waals surface area contributed by atoms with Crippen molar-refractivity contribution >= 4 is 16.6 Å². The summed E-state index contributed by atoms with van der Waals surface area (Å²) >= 11 is 0. The van der Waals surface area contributed by atoms with E-state index < -0.39 is 0 Å². The predicted molar refractivity (Wildman–Crippen MR) is 55.6 cm³/mol. The van der Waals surface area contributed by atoms with Crippen LogP contribution in [0.4, 0.5) is 5.69 Å². The molecule has 2 rings (SSSR count). The molecule has 0 fully saturated rings. The van der Waals surface area contributed by atoms with Crippen LogP contribution >= 0.6 is 0 Å². The highest BCUT2D eigenvalue weighted by atomic mass is 14.7. The first-order valence-electron chi connectivity index (χ1n) is 4.28. The number of hydrogen-bond donors (Lipinski definition) is 1. The molecule has 0 aliphatic carbocycles. The number of pyridine rings is 1. The van der Waals surface area contributed by atoms with E-state index in [1.807, 2.05) is 19.1 Å². The Kier molecular flexibility index (Phi) is 1.83. The third-order valence-corrected chi connectivity index (χ3v) is 2.31. The minimum absolute atomic E-state index is 0.580. The molecule has 0 saturated carbocycles. The van der Waals surface area contributed by atoms with Crippen LogP contribution in [-0.2, 0) is 0 Å². The fraction of sp³-hybridized carbons (Fsp3) is 0.0909. The van der Waals surface area contributed by atoms with Gasteiger partial charge in [-0.3, -0.25) is 4.98 Å². The molecule has 14 heavy (non-hydrogen) atoms. The second kappa shape index (κ2) is 3.00. The molecule has 0 aliphatic rings. The van der Waals surface area contributed by atoms with Crippen LogP contribution in [0.25, 0.3) is 10.9 Å². The molecule has 0 bridgehead atoms. The predicted octanol–water partition coefficient (Wildman–Crippen LogP) is 2.00. The average Bonchev–Trinajstić information content (AvgIpc) is 2.23. The number of hydrogen-bond acceptors (Lipinski definition) is 3. The third-order valence-electron chi connectivity index (χ3n) is 2.31. The fourth-order valence-corrected chi connectivity index (χ4v) is 1.49. The zero-order chi connectivity index (χ0) is 10.1. The molecule has 0 radical (unpaired) electrons. The van der Waals surface area contributed by atoms with Crippen molar-refractivity contribution in [2.75, 3.05) is 5.73 Å². The Morgan fingerprint density at radius 3 is 3.00 bits per heavy atom. The number of nitrogen functional groups attached to an aromatic ring is 1. The molecule has 0 atom stereocenters. The van der Waals surface area contributed by atoms with Crippen LogP contribution in [-0.4, -0.2) is 4.98 Å². The lowest BCUT2D eigenvalue weighted by molar-refractivity contribution is 1.36. The number of anilines is 1. The molecular weight excluding hydrogens is 174 g/mol. The summed E-state index contributed by atoms with van der Waals surface area (Å²) in [6.45, 7) is 1.91. The zero-order valence-corrected chi connectivity index (χ0v) is 7.78. The maximum absolute atomic E-state index is 8.92. The van der Waals surface area contributed by atoms with Crippen LogP contribution in [0.1, 0.15) is 11.1 Å². The van der Waals surface area contributed by atoms with Gasteiger partial charge in [0.25, 0.3) is 0 Å². The van der Waals surface area contributed by atoms with E-state index in [1.54, 1.807) is 12.3 Å². The lowest BCUT2D eigenvalue weighted by atomic mass is 10.0. The number of fused-ring (bicyclic) bond motifs is 1. The van der Waals surface area contributed by atoms with Crippen molar-refractivity contribution in [3.63, 3.8) is 0 Å². The van der Waals surface area contributed by atoms with Gasteiger partial charge >= 0.3 is 0 Å². The van der Waals surface area contributed by atoms with Crippen LogP contribution < -0.4 is 5.73 Å². The van der Waals surface area contributed by atoms with Crippen molar-refractivity contribution < 1.29 is 0 Å². The number of benzene rings is 1. The molecule has 0 aliphatic heterocycles. The Morgan fingerprint density at radius 1 is 1.50 bits per heavy atom. The largest absolute Gasteiger partial charge is 0.398 e. The van der Waals surface area contributed by atoms with Gasteiger partial charge in [-0.2, -0.15) is 5.26 Å². The summed E-state index contributed by atoms with van der Waals surface area (Å²) in [5, 5.41) is 9.78. The lowest BCUT2D eigenvalue weighted by Crippen LogP contribution is -1.94. The van der Waals surface area contributed by atoms with E-state index >= 15 is 0 Å². The summed E-state index contributed by atoms with van der Waals surface area (Å²) in [7, 11) is 0. The highest BCUT2D eigenvalue weighted by molar-refractivity contribution is 5.90. The summed E-state index contributed by atoms with van der Waals surface area (Å²) < 4.78 is 0. The van der Waals surface area contributed by atoms with E-state index in [0.29, 0.717) is 11.3 Å². The average molecular weight is 183 g/mol. The minimum atomic E-state index is 0.580. The summed E-state index contributed by atoms with van der Waals surface area (Å²) in [6, 6.07) is 7.51. The van der Waals surface area contributed by atoms with E-state index in [4.69, 9.17) is 11.0 Å². The van der Waals surface area contributed by atoms with Gasteiger partial charge in [0, 0.05) is 17.3 Å². The van der Waals surface area contributed by atoms with E-state index in [0.717, 1.165) is 16.5 Å². The normalized spacial score (nSPS) is 10.0. The quantitative estimate of drug-likeness (QED) is 0.635. The second-order valence-corrected chi connectivity index (χ2v) is 3.15. The number of nitriles is 1. The molecule has 0 amide bonds. The van der Waals surface area contributed by atoms with Crippen LogP contribution in [0.2, 0.25) is 0 Å². The van der Waals surface area contributed by atoms with E-state index in [9.17, 15) is 0 Å². The van der Waals surface area contributed by atoms with E-state index in [-0.39, 0.29) is 0 Å².